The molecule has 0 amide bonds. The van der Waals surface area contributed by atoms with Crippen molar-refractivity contribution >= 4 is 0 Å². The van der Waals surface area contributed by atoms with Crippen LogP contribution in [0.3, 0.4) is 0 Å². The highest BCUT2D eigenvalue weighted by molar-refractivity contribution is 5.32. The van der Waals surface area contributed by atoms with E-state index in [2.05, 4.69) is 41.5 Å². The molecule has 6 rings (SSSR count). The summed E-state index contributed by atoms with van der Waals surface area (Å²) in [6, 6.07) is 0. The summed E-state index contributed by atoms with van der Waals surface area (Å²) in [6.07, 6.45) is 12.0. The van der Waals surface area contributed by atoms with Gasteiger partial charge in [-0.05, 0) is 110 Å². The smallest absolute Gasteiger partial charge is 0.0876 e. The first-order chi connectivity index (χ1) is 14.9. The van der Waals surface area contributed by atoms with Gasteiger partial charge in [-0.25, -0.2) is 0 Å². The molecule has 11 unspecified atom stereocenters. The molecule has 1 saturated heterocycles. The first-order valence-electron chi connectivity index (χ1n) is 14.0. The summed E-state index contributed by atoms with van der Waals surface area (Å²) in [4.78, 5) is 0. The fourth-order valence-electron chi connectivity index (χ4n) is 11.5. The molecule has 3 heteroatoms. The van der Waals surface area contributed by atoms with Crippen LogP contribution in [0, 0.1) is 50.7 Å². The third-order valence-corrected chi connectivity index (χ3v) is 13.3. The summed E-state index contributed by atoms with van der Waals surface area (Å²) in [5, 5.41) is 22.9. The first-order valence-corrected chi connectivity index (χ1v) is 14.0. The van der Waals surface area contributed by atoms with Crippen LogP contribution in [0.15, 0.2) is 0 Å². The van der Waals surface area contributed by atoms with Gasteiger partial charge in [-0.2, -0.15) is 0 Å². The maximum Gasteiger partial charge on any atom is 0.0876 e. The number of ether oxygens (including phenoxy) is 1. The molecule has 5 saturated carbocycles. The fourth-order valence-corrected chi connectivity index (χ4v) is 11.5. The lowest BCUT2D eigenvalue weighted by Crippen LogP contribution is -2.59. The molecule has 182 valence electrons. The van der Waals surface area contributed by atoms with Gasteiger partial charge in [-0.15, -0.1) is 0 Å². The van der Waals surface area contributed by atoms with E-state index in [-0.39, 0.29) is 34.6 Å². The van der Waals surface area contributed by atoms with Crippen molar-refractivity contribution in [3.05, 3.63) is 0 Å². The van der Waals surface area contributed by atoms with E-state index in [0.29, 0.717) is 40.6 Å². The zero-order valence-corrected chi connectivity index (χ0v) is 21.5. The van der Waals surface area contributed by atoms with E-state index in [4.69, 9.17) is 4.74 Å². The monoisotopic (exact) mass is 444 g/mol. The van der Waals surface area contributed by atoms with Gasteiger partial charge in [0, 0.05) is 5.41 Å². The van der Waals surface area contributed by atoms with E-state index < -0.39 is 0 Å². The molecule has 2 spiro atoms. The van der Waals surface area contributed by atoms with E-state index in [1.165, 1.54) is 51.4 Å². The predicted molar refractivity (Wildman–Crippen MR) is 127 cm³/mol. The van der Waals surface area contributed by atoms with Crippen LogP contribution in [-0.4, -0.2) is 34.6 Å². The molecule has 1 heterocycles. The molecule has 6 fully saturated rings. The van der Waals surface area contributed by atoms with Gasteiger partial charge in [-0.3, -0.25) is 0 Å². The summed E-state index contributed by atoms with van der Waals surface area (Å²) in [6.45, 7) is 14.3. The maximum atomic E-state index is 12.0. The fraction of sp³-hybridized carbons (Fsp3) is 1.00. The van der Waals surface area contributed by atoms with Crippen LogP contribution >= 0.6 is 0 Å². The van der Waals surface area contributed by atoms with Gasteiger partial charge in [0.1, 0.15) is 0 Å². The molecule has 0 bridgehead atoms. The number of hydrogen-bond acceptors (Lipinski definition) is 3. The molecule has 0 aromatic heterocycles. The normalized spacial score (nSPS) is 60.1. The molecule has 32 heavy (non-hydrogen) atoms. The predicted octanol–water partition coefficient (Wildman–Crippen LogP) is 5.96. The van der Waals surface area contributed by atoms with Gasteiger partial charge in [0.2, 0.25) is 0 Å². The molecular weight excluding hydrogens is 396 g/mol. The second kappa shape index (κ2) is 6.55. The molecule has 0 aromatic carbocycles. The minimum Gasteiger partial charge on any atom is -0.393 e. The maximum absolute atomic E-state index is 12.0. The largest absolute Gasteiger partial charge is 0.393 e. The number of rotatable bonds is 2. The summed E-state index contributed by atoms with van der Waals surface area (Å²) >= 11 is 0. The van der Waals surface area contributed by atoms with Crippen LogP contribution in [-0.2, 0) is 4.74 Å². The third-order valence-electron chi connectivity index (χ3n) is 13.3. The van der Waals surface area contributed by atoms with Crippen molar-refractivity contribution < 1.29 is 14.9 Å². The number of fused-ring (bicyclic) bond motifs is 4. The molecule has 11 atom stereocenters. The van der Waals surface area contributed by atoms with Crippen LogP contribution in [0.5, 0.6) is 0 Å². The zero-order chi connectivity index (χ0) is 22.9. The Morgan fingerprint density at radius 1 is 0.844 bits per heavy atom. The molecule has 5 aliphatic carbocycles. The Balaban J connectivity index is 1.35. The van der Waals surface area contributed by atoms with E-state index in [9.17, 15) is 10.2 Å². The summed E-state index contributed by atoms with van der Waals surface area (Å²) in [5.74, 6) is 2.43. The van der Waals surface area contributed by atoms with Crippen molar-refractivity contribution in [1.82, 2.24) is 0 Å². The van der Waals surface area contributed by atoms with Crippen LogP contribution in [0.25, 0.3) is 0 Å². The highest BCUT2D eigenvalue weighted by Crippen LogP contribution is 2.89. The van der Waals surface area contributed by atoms with Crippen LogP contribution < -0.4 is 0 Å². The SMILES string of the molecule is CC(C)CC1CCC2C(O1)C(O)C1(C)C3CCC4C(C)(C)C(O)CCC45CC35CCC21C. The van der Waals surface area contributed by atoms with Crippen molar-refractivity contribution in [2.75, 3.05) is 0 Å². The zero-order valence-electron chi connectivity index (χ0n) is 21.5. The quantitative estimate of drug-likeness (QED) is 0.552. The lowest BCUT2D eigenvalue weighted by Gasteiger charge is -2.63. The molecule has 2 N–H and O–H groups in total. The highest BCUT2D eigenvalue weighted by atomic mass is 16.5. The Hall–Kier alpha value is -0.120. The van der Waals surface area contributed by atoms with Crippen molar-refractivity contribution in [1.29, 1.82) is 0 Å². The molecule has 0 radical (unpaired) electrons. The molecular formula is C29H48O3. The van der Waals surface area contributed by atoms with E-state index in [1.807, 2.05) is 0 Å². The average molecular weight is 445 g/mol. The lowest BCUT2D eigenvalue weighted by atomic mass is 9.41. The van der Waals surface area contributed by atoms with Gasteiger partial charge in [0.05, 0.1) is 24.4 Å². The number of hydrogen-bond donors (Lipinski definition) is 2. The van der Waals surface area contributed by atoms with Crippen LogP contribution in [0.2, 0.25) is 0 Å². The van der Waals surface area contributed by atoms with Crippen molar-refractivity contribution in [3.8, 4) is 0 Å². The van der Waals surface area contributed by atoms with Gasteiger partial charge in [-0.1, -0.05) is 41.5 Å². The lowest BCUT2D eigenvalue weighted by molar-refractivity contribution is -0.182. The van der Waals surface area contributed by atoms with Crippen molar-refractivity contribution in [2.24, 2.45) is 50.7 Å². The van der Waals surface area contributed by atoms with E-state index >= 15 is 0 Å². The minimum atomic E-state index is -0.328. The third kappa shape index (κ3) is 2.35. The Bertz CT molecular complexity index is 791. The molecule has 3 nitrogen and oxygen atoms in total. The van der Waals surface area contributed by atoms with Gasteiger partial charge in [0.25, 0.3) is 0 Å². The summed E-state index contributed by atoms with van der Waals surface area (Å²) < 4.78 is 6.75. The van der Waals surface area contributed by atoms with Crippen LogP contribution in [0.1, 0.15) is 106 Å². The van der Waals surface area contributed by atoms with E-state index in [0.717, 1.165) is 12.8 Å². The second-order valence-electron chi connectivity index (χ2n) is 14.7. The average Bonchev–Trinajstić information content (AvgIpc) is 3.36. The summed E-state index contributed by atoms with van der Waals surface area (Å²) in [7, 11) is 0. The molecule has 1 aliphatic heterocycles. The van der Waals surface area contributed by atoms with Crippen molar-refractivity contribution in [3.63, 3.8) is 0 Å². The van der Waals surface area contributed by atoms with Gasteiger partial charge >= 0.3 is 0 Å². The standard InChI is InChI=1S/C29H48O3/c1-17(2)15-18-7-8-19-23(32-18)24(31)27(6)21-10-9-20-25(3,4)22(30)11-12-28(20)16-29(21,28)14-13-26(19,27)5/h17-24,30-31H,7-16H2,1-6H3. The molecule has 6 aliphatic rings. The minimum absolute atomic E-state index is 0.0316. The Labute approximate surface area is 196 Å². The summed E-state index contributed by atoms with van der Waals surface area (Å²) in [5.41, 5.74) is 1.02. The van der Waals surface area contributed by atoms with E-state index in [1.54, 1.807) is 0 Å². The van der Waals surface area contributed by atoms with Gasteiger partial charge < -0.3 is 14.9 Å². The highest BCUT2D eigenvalue weighted by Gasteiger charge is 2.84. The Morgan fingerprint density at radius 2 is 1.53 bits per heavy atom. The molecule has 0 aromatic rings. The van der Waals surface area contributed by atoms with Crippen LogP contribution in [0.4, 0.5) is 0 Å². The van der Waals surface area contributed by atoms with Gasteiger partial charge in [0.15, 0.2) is 0 Å². The Morgan fingerprint density at radius 3 is 2.25 bits per heavy atom. The number of aliphatic hydroxyl groups excluding tert-OH is 2. The Kier molecular flexibility index (Phi) is 4.57. The first kappa shape index (κ1) is 22.4. The topological polar surface area (TPSA) is 49.7 Å². The van der Waals surface area contributed by atoms with Crippen molar-refractivity contribution in [2.45, 2.75) is 130 Å². The second-order valence-corrected chi connectivity index (χ2v) is 14.7. The number of aliphatic hydroxyl groups is 2.